The summed E-state index contributed by atoms with van der Waals surface area (Å²) in [5.41, 5.74) is 6.00. The molecule has 5 N–H and O–H groups in total. The van der Waals surface area contributed by atoms with Crippen LogP contribution in [-0.2, 0) is 9.53 Å². The number of hydrogen-bond donors (Lipinski definition) is 4. The number of ether oxygens (including phenoxy) is 1. The number of rotatable bonds is 4. The average molecular weight is 258 g/mol. The highest BCUT2D eigenvalue weighted by atomic mass is 32.2. The minimum Gasteiger partial charge on any atom is -0.463 e. The van der Waals surface area contributed by atoms with E-state index in [2.05, 4.69) is 10.6 Å². The number of thioether (sulfide) groups is 1. The first-order chi connectivity index (χ1) is 8.04. The van der Waals surface area contributed by atoms with Gasteiger partial charge in [-0.05, 0) is 6.92 Å². The summed E-state index contributed by atoms with van der Waals surface area (Å²) in [7, 11) is 0. The molecule has 8 heteroatoms. The smallest absolute Gasteiger partial charge is 0.337 e. The molecule has 94 valence electrons. The van der Waals surface area contributed by atoms with Crippen molar-refractivity contribution in [2.75, 3.05) is 18.9 Å². The maximum absolute atomic E-state index is 11.6. The third-order valence-corrected chi connectivity index (χ3v) is 2.69. The lowest BCUT2D eigenvalue weighted by Crippen LogP contribution is -2.44. The molecule has 0 radical (unpaired) electrons. The van der Waals surface area contributed by atoms with Crippen LogP contribution in [0.4, 0.5) is 4.79 Å². The van der Waals surface area contributed by atoms with Crippen LogP contribution in [0.25, 0.3) is 0 Å². The van der Waals surface area contributed by atoms with Crippen LogP contribution in [0.15, 0.2) is 11.3 Å². The van der Waals surface area contributed by atoms with Crippen molar-refractivity contribution in [3.8, 4) is 0 Å². The van der Waals surface area contributed by atoms with E-state index in [1.165, 1.54) is 0 Å². The number of carbonyl (C=O) groups is 2. The summed E-state index contributed by atoms with van der Waals surface area (Å²) in [5, 5.41) is 12.0. The molecule has 0 aliphatic carbocycles. The van der Waals surface area contributed by atoms with Crippen LogP contribution in [0.2, 0.25) is 0 Å². The standard InChI is InChI=1S/C9H14N4O3S/c1-2-16-7(14)5-3-12-9(15)13-6(5)4-17-8(10)11/h2-4H2,1H3,(H3,10,11)(H2,12,13,15). The van der Waals surface area contributed by atoms with Gasteiger partial charge in [-0.3, -0.25) is 5.41 Å². The Morgan fingerprint density at radius 3 is 2.94 bits per heavy atom. The first-order valence-electron chi connectivity index (χ1n) is 4.95. The van der Waals surface area contributed by atoms with Crippen LogP contribution < -0.4 is 16.4 Å². The van der Waals surface area contributed by atoms with Gasteiger partial charge in [0.1, 0.15) is 0 Å². The van der Waals surface area contributed by atoms with Crippen LogP contribution in [0.3, 0.4) is 0 Å². The molecule has 0 aromatic carbocycles. The highest BCUT2D eigenvalue weighted by molar-refractivity contribution is 8.13. The molecular weight excluding hydrogens is 244 g/mol. The summed E-state index contributed by atoms with van der Waals surface area (Å²) in [6.07, 6.45) is 0. The molecule has 0 aromatic heterocycles. The third kappa shape index (κ3) is 3.99. The fourth-order valence-corrected chi connectivity index (χ4v) is 1.76. The molecule has 0 unspecified atom stereocenters. The molecule has 0 saturated heterocycles. The van der Waals surface area contributed by atoms with Crippen molar-refractivity contribution in [1.29, 1.82) is 5.41 Å². The van der Waals surface area contributed by atoms with E-state index in [9.17, 15) is 9.59 Å². The molecule has 1 rings (SSSR count). The van der Waals surface area contributed by atoms with E-state index < -0.39 is 5.97 Å². The highest BCUT2D eigenvalue weighted by Crippen LogP contribution is 2.13. The van der Waals surface area contributed by atoms with Crippen molar-refractivity contribution in [2.24, 2.45) is 5.73 Å². The van der Waals surface area contributed by atoms with E-state index in [1.54, 1.807) is 6.92 Å². The Kier molecular flexibility index (Phi) is 4.83. The summed E-state index contributed by atoms with van der Waals surface area (Å²) >= 11 is 1.03. The zero-order chi connectivity index (χ0) is 12.8. The number of carbonyl (C=O) groups excluding carboxylic acids is 2. The van der Waals surface area contributed by atoms with Crippen LogP contribution >= 0.6 is 11.8 Å². The van der Waals surface area contributed by atoms with Crippen molar-refractivity contribution >= 4 is 28.9 Å². The van der Waals surface area contributed by atoms with Gasteiger partial charge in [0, 0.05) is 11.4 Å². The minimum absolute atomic E-state index is 0.0755. The van der Waals surface area contributed by atoms with Crippen molar-refractivity contribution < 1.29 is 14.3 Å². The fourth-order valence-electron chi connectivity index (χ4n) is 1.22. The Balaban J connectivity index is 2.81. The first-order valence-corrected chi connectivity index (χ1v) is 5.94. The van der Waals surface area contributed by atoms with Crippen LogP contribution in [0.5, 0.6) is 0 Å². The molecule has 0 atom stereocenters. The lowest BCUT2D eigenvalue weighted by molar-refractivity contribution is -0.138. The van der Waals surface area contributed by atoms with Crippen molar-refractivity contribution in [2.45, 2.75) is 6.92 Å². The molecule has 0 aromatic rings. The van der Waals surface area contributed by atoms with Gasteiger partial charge >= 0.3 is 12.0 Å². The number of esters is 1. The van der Waals surface area contributed by atoms with E-state index in [0.29, 0.717) is 11.3 Å². The maximum atomic E-state index is 11.6. The monoisotopic (exact) mass is 258 g/mol. The molecule has 17 heavy (non-hydrogen) atoms. The average Bonchev–Trinajstić information content (AvgIpc) is 2.26. The van der Waals surface area contributed by atoms with E-state index in [-0.39, 0.29) is 30.1 Å². The molecule has 0 bridgehead atoms. The third-order valence-electron chi connectivity index (χ3n) is 1.95. The van der Waals surface area contributed by atoms with Gasteiger partial charge in [-0.1, -0.05) is 11.8 Å². The Morgan fingerprint density at radius 2 is 2.35 bits per heavy atom. The number of nitrogens with two attached hydrogens (primary N) is 1. The van der Waals surface area contributed by atoms with E-state index in [0.717, 1.165) is 11.8 Å². The second-order valence-corrected chi connectivity index (χ2v) is 4.16. The molecular formula is C9H14N4O3S. The fraction of sp³-hybridized carbons (Fsp3) is 0.444. The number of nitrogens with one attached hydrogen (secondary N) is 3. The Bertz CT molecular complexity index is 380. The maximum Gasteiger partial charge on any atom is 0.337 e. The molecule has 1 heterocycles. The second-order valence-electron chi connectivity index (χ2n) is 3.14. The SMILES string of the molecule is CCOC(=O)C1=C(CSC(=N)N)NC(=O)NC1. The Hall–Kier alpha value is -1.70. The molecule has 0 fully saturated rings. The largest absolute Gasteiger partial charge is 0.463 e. The van der Waals surface area contributed by atoms with Gasteiger partial charge in [0.15, 0.2) is 5.17 Å². The Morgan fingerprint density at radius 1 is 1.65 bits per heavy atom. The van der Waals surface area contributed by atoms with Crippen LogP contribution in [-0.4, -0.2) is 36.1 Å². The number of amidine groups is 1. The van der Waals surface area contributed by atoms with E-state index in [1.807, 2.05) is 0 Å². The molecule has 2 amide bonds. The molecule has 0 saturated carbocycles. The lowest BCUT2D eigenvalue weighted by atomic mass is 10.2. The van der Waals surface area contributed by atoms with Crippen molar-refractivity contribution in [3.63, 3.8) is 0 Å². The summed E-state index contributed by atoms with van der Waals surface area (Å²) < 4.78 is 4.87. The zero-order valence-electron chi connectivity index (χ0n) is 9.33. The summed E-state index contributed by atoms with van der Waals surface area (Å²) in [4.78, 5) is 22.7. The van der Waals surface area contributed by atoms with Gasteiger partial charge in [0.25, 0.3) is 0 Å². The quantitative estimate of drug-likeness (QED) is 0.315. The summed E-state index contributed by atoms with van der Waals surface area (Å²) in [5.74, 6) is -0.212. The minimum atomic E-state index is -0.473. The van der Waals surface area contributed by atoms with Crippen molar-refractivity contribution in [3.05, 3.63) is 11.3 Å². The number of amides is 2. The van der Waals surface area contributed by atoms with Gasteiger partial charge in [0.05, 0.1) is 18.7 Å². The number of hydrogen-bond acceptors (Lipinski definition) is 5. The second kappa shape index (κ2) is 6.14. The van der Waals surface area contributed by atoms with Crippen molar-refractivity contribution in [1.82, 2.24) is 10.6 Å². The topological polar surface area (TPSA) is 117 Å². The normalized spacial score (nSPS) is 15.0. The summed E-state index contributed by atoms with van der Waals surface area (Å²) in [6.45, 7) is 2.10. The van der Waals surface area contributed by atoms with Gasteiger partial charge in [-0.15, -0.1) is 0 Å². The Labute approximate surface area is 103 Å². The van der Waals surface area contributed by atoms with Gasteiger partial charge in [-0.25, -0.2) is 9.59 Å². The van der Waals surface area contributed by atoms with E-state index in [4.69, 9.17) is 15.9 Å². The highest BCUT2D eigenvalue weighted by Gasteiger charge is 2.23. The molecule has 1 aliphatic heterocycles. The first kappa shape index (κ1) is 13.4. The zero-order valence-corrected chi connectivity index (χ0v) is 10.1. The van der Waals surface area contributed by atoms with Gasteiger partial charge in [-0.2, -0.15) is 0 Å². The molecule has 7 nitrogen and oxygen atoms in total. The predicted octanol–water partition coefficient (Wildman–Crippen LogP) is -0.257. The van der Waals surface area contributed by atoms with Gasteiger partial charge < -0.3 is 21.1 Å². The summed E-state index contributed by atoms with van der Waals surface area (Å²) in [6, 6.07) is -0.378. The van der Waals surface area contributed by atoms with Crippen LogP contribution in [0, 0.1) is 5.41 Å². The van der Waals surface area contributed by atoms with E-state index >= 15 is 0 Å². The predicted molar refractivity (Wildman–Crippen MR) is 64.6 cm³/mol. The lowest BCUT2D eigenvalue weighted by Gasteiger charge is -2.20. The van der Waals surface area contributed by atoms with Crippen LogP contribution in [0.1, 0.15) is 6.92 Å². The van der Waals surface area contributed by atoms with Gasteiger partial charge in [0.2, 0.25) is 0 Å². The molecule has 1 aliphatic rings. The molecule has 0 spiro atoms. The number of urea groups is 1.